The minimum Gasteiger partial charge on any atom is -0.390 e. The van der Waals surface area contributed by atoms with Gasteiger partial charge >= 0.3 is 0 Å². The molecule has 1 amide bonds. The monoisotopic (exact) mass is 306 g/mol. The number of rotatable bonds is 4. The van der Waals surface area contributed by atoms with Gasteiger partial charge in [-0.2, -0.15) is 5.26 Å². The van der Waals surface area contributed by atoms with Gasteiger partial charge in [-0.1, -0.05) is 25.3 Å². The van der Waals surface area contributed by atoms with Crippen LogP contribution in [0.3, 0.4) is 0 Å². The van der Waals surface area contributed by atoms with Gasteiger partial charge in [0, 0.05) is 6.54 Å². The Hall–Kier alpha value is -1.38. The molecule has 0 radical (unpaired) electrons. The van der Waals surface area contributed by atoms with Crippen LogP contribution in [0.1, 0.15) is 51.4 Å². The van der Waals surface area contributed by atoms with Gasteiger partial charge in [0.05, 0.1) is 12.2 Å². The summed E-state index contributed by atoms with van der Waals surface area (Å²) >= 11 is 0. The van der Waals surface area contributed by atoms with E-state index in [1.807, 2.05) is 6.07 Å². The topological polar surface area (TPSA) is 93.3 Å². The van der Waals surface area contributed by atoms with Gasteiger partial charge in [-0.25, -0.2) is 0 Å². The fourth-order valence-electron chi connectivity index (χ4n) is 3.44. The molecule has 0 aromatic heterocycles. The molecule has 5 heteroatoms. The van der Waals surface area contributed by atoms with Gasteiger partial charge in [0.2, 0.25) is 0 Å². The van der Waals surface area contributed by atoms with E-state index in [-0.39, 0.29) is 17.4 Å². The molecule has 0 aromatic rings. The van der Waals surface area contributed by atoms with Gasteiger partial charge in [0.25, 0.3) is 5.91 Å². The first-order valence-corrected chi connectivity index (χ1v) is 8.36. The Balaban J connectivity index is 1.85. The highest BCUT2D eigenvalue weighted by Gasteiger charge is 2.27. The number of amides is 1. The number of hydrogen-bond acceptors (Lipinski definition) is 4. The Labute approximate surface area is 132 Å². The molecule has 22 heavy (non-hydrogen) atoms. The van der Waals surface area contributed by atoms with E-state index in [1.165, 1.54) is 19.3 Å². The maximum absolute atomic E-state index is 12.1. The van der Waals surface area contributed by atoms with E-state index in [0.29, 0.717) is 31.7 Å². The zero-order valence-corrected chi connectivity index (χ0v) is 13.0. The third-order valence-corrected chi connectivity index (χ3v) is 4.87. The molecule has 5 nitrogen and oxygen atoms in total. The number of aliphatic hydroxyl groups excluding tert-OH is 2. The van der Waals surface area contributed by atoms with Crippen molar-refractivity contribution in [3.8, 4) is 6.07 Å². The number of nitrogens with zero attached hydrogens (tertiary/aromatic N) is 1. The predicted molar refractivity (Wildman–Crippen MR) is 82.6 cm³/mol. The average Bonchev–Trinajstić information content (AvgIpc) is 2.54. The molecule has 2 aliphatic rings. The molecule has 122 valence electrons. The van der Waals surface area contributed by atoms with Crippen molar-refractivity contribution in [3.63, 3.8) is 0 Å². The molecule has 0 aliphatic heterocycles. The van der Waals surface area contributed by atoms with Crippen molar-refractivity contribution in [2.45, 2.75) is 63.6 Å². The molecular weight excluding hydrogens is 280 g/mol. The number of nitriles is 1. The van der Waals surface area contributed by atoms with Crippen molar-refractivity contribution < 1.29 is 15.0 Å². The quantitative estimate of drug-likeness (QED) is 0.544. The Morgan fingerprint density at radius 1 is 1.14 bits per heavy atom. The van der Waals surface area contributed by atoms with Crippen molar-refractivity contribution in [1.29, 1.82) is 5.26 Å². The first-order valence-electron chi connectivity index (χ1n) is 8.36. The maximum Gasteiger partial charge on any atom is 0.261 e. The number of hydrogen-bond donors (Lipinski definition) is 3. The summed E-state index contributed by atoms with van der Waals surface area (Å²) in [7, 11) is 0. The van der Waals surface area contributed by atoms with Crippen molar-refractivity contribution in [3.05, 3.63) is 11.6 Å². The average molecular weight is 306 g/mol. The second kappa shape index (κ2) is 8.30. The van der Waals surface area contributed by atoms with Crippen LogP contribution < -0.4 is 5.32 Å². The zero-order valence-electron chi connectivity index (χ0n) is 13.0. The Morgan fingerprint density at radius 2 is 1.86 bits per heavy atom. The fourth-order valence-corrected chi connectivity index (χ4v) is 3.44. The van der Waals surface area contributed by atoms with E-state index >= 15 is 0 Å². The van der Waals surface area contributed by atoms with Crippen LogP contribution in [0.25, 0.3) is 0 Å². The second-order valence-electron chi connectivity index (χ2n) is 6.61. The molecule has 0 saturated heterocycles. The van der Waals surface area contributed by atoms with Crippen molar-refractivity contribution in [1.82, 2.24) is 5.32 Å². The lowest BCUT2D eigenvalue weighted by atomic mass is 9.84. The first-order chi connectivity index (χ1) is 10.6. The number of carbonyl (C=O) groups is 1. The van der Waals surface area contributed by atoms with Crippen LogP contribution >= 0.6 is 0 Å². The molecule has 3 atom stereocenters. The van der Waals surface area contributed by atoms with Crippen molar-refractivity contribution in [2.75, 3.05) is 6.54 Å². The van der Waals surface area contributed by atoms with Gasteiger partial charge in [-0.3, -0.25) is 4.79 Å². The molecule has 0 bridgehead atoms. The summed E-state index contributed by atoms with van der Waals surface area (Å²) < 4.78 is 0. The summed E-state index contributed by atoms with van der Waals surface area (Å²) in [6.07, 6.45) is 7.85. The van der Waals surface area contributed by atoms with Crippen molar-refractivity contribution in [2.24, 2.45) is 11.8 Å². The summed E-state index contributed by atoms with van der Waals surface area (Å²) in [6, 6.07) is 1.97. The van der Waals surface area contributed by atoms with Gasteiger partial charge in [-0.05, 0) is 43.9 Å². The third-order valence-electron chi connectivity index (χ3n) is 4.87. The number of allylic oxidation sites excluding steroid dienone is 1. The molecule has 3 unspecified atom stereocenters. The smallest absolute Gasteiger partial charge is 0.261 e. The SMILES string of the molecule is N#C/C(=C\C1CCC(O)C(O)C1)C(=O)NCC1CCCCC1. The van der Waals surface area contributed by atoms with E-state index in [4.69, 9.17) is 0 Å². The molecule has 2 aliphatic carbocycles. The molecule has 2 rings (SSSR count). The van der Waals surface area contributed by atoms with Crippen LogP contribution in [0, 0.1) is 23.2 Å². The molecule has 2 fully saturated rings. The number of aliphatic hydroxyl groups is 2. The largest absolute Gasteiger partial charge is 0.390 e. The van der Waals surface area contributed by atoms with E-state index in [9.17, 15) is 20.3 Å². The summed E-state index contributed by atoms with van der Waals surface area (Å²) in [5.41, 5.74) is 0.129. The number of nitrogens with one attached hydrogen (secondary N) is 1. The zero-order chi connectivity index (χ0) is 15.9. The molecular formula is C17H26N2O3. The van der Waals surface area contributed by atoms with Gasteiger partial charge in [0.1, 0.15) is 11.6 Å². The predicted octanol–water partition coefficient (Wildman–Crippen LogP) is 1.65. The maximum atomic E-state index is 12.1. The van der Waals surface area contributed by atoms with Crippen LogP contribution in [0.2, 0.25) is 0 Å². The Morgan fingerprint density at radius 3 is 2.50 bits per heavy atom. The molecule has 0 aromatic carbocycles. The number of carbonyl (C=O) groups excluding carboxylic acids is 1. The lowest BCUT2D eigenvalue weighted by Crippen LogP contribution is -2.34. The summed E-state index contributed by atoms with van der Waals surface area (Å²) in [5.74, 6) is 0.200. The summed E-state index contributed by atoms with van der Waals surface area (Å²) in [5, 5.41) is 31.3. The fraction of sp³-hybridized carbons (Fsp3) is 0.765. The van der Waals surface area contributed by atoms with E-state index in [1.54, 1.807) is 6.08 Å². The van der Waals surface area contributed by atoms with Gasteiger partial charge in [-0.15, -0.1) is 0 Å². The van der Waals surface area contributed by atoms with Crippen LogP contribution in [-0.4, -0.2) is 34.9 Å². The van der Waals surface area contributed by atoms with Crippen LogP contribution in [-0.2, 0) is 4.79 Å². The lowest BCUT2D eigenvalue weighted by molar-refractivity contribution is -0.117. The van der Waals surface area contributed by atoms with Gasteiger partial charge in [0.15, 0.2) is 0 Å². The molecule has 3 N–H and O–H groups in total. The van der Waals surface area contributed by atoms with E-state index in [2.05, 4.69) is 5.32 Å². The highest BCUT2D eigenvalue weighted by atomic mass is 16.3. The highest BCUT2D eigenvalue weighted by molar-refractivity contribution is 5.97. The molecule has 2 saturated carbocycles. The van der Waals surface area contributed by atoms with E-state index in [0.717, 1.165) is 12.8 Å². The molecule has 0 heterocycles. The van der Waals surface area contributed by atoms with E-state index < -0.39 is 12.2 Å². The standard InChI is InChI=1S/C17H26N2O3/c18-10-14(8-13-6-7-15(20)16(21)9-13)17(22)19-11-12-4-2-1-3-5-12/h8,12-13,15-16,20-21H,1-7,9,11H2,(H,19,22)/b14-8+. The first kappa shape index (κ1) is 17.0. The third kappa shape index (κ3) is 4.82. The lowest BCUT2D eigenvalue weighted by Gasteiger charge is -2.28. The van der Waals surface area contributed by atoms with Crippen molar-refractivity contribution >= 4 is 5.91 Å². The van der Waals surface area contributed by atoms with Crippen LogP contribution in [0.4, 0.5) is 0 Å². The van der Waals surface area contributed by atoms with Crippen LogP contribution in [0.5, 0.6) is 0 Å². The Bertz CT molecular complexity index is 449. The van der Waals surface area contributed by atoms with Gasteiger partial charge < -0.3 is 15.5 Å². The summed E-state index contributed by atoms with van der Waals surface area (Å²) in [4.78, 5) is 12.1. The normalized spacial score (nSPS) is 30.6. The minimum absolute atomic E-state index is 0.0199. The second-order valence-corrected chi connectivity index (χ2v) is 6.61. The molecule has 0 spiro atoms. The van der Waals surface area contributed by atoms with Crippen LogP contribution in [0.15, 0.2) is 11.6 Å². The summed E-state index contributed by atoms with van der Waals surface area (Å²) in [6.45, 7) is 0.643. The highest BCUT2D eigenvalue weighted by Crippen LogP contribution is 2.27. The minimum atomic E-state index is -0.764. The Kier molecular flexibility index (Phi) is 6.41.